The molecule has 3 aliphatic rings. The fourth-order valence-corrected chi connectivity index (χ4v) is 6.55. The lowest BCUT2D eigenvalue weighted by Gasteiger charge is -2.46. The highest BCUT2D eigenvalue weighted by Gasteiger charge is 2.48. The minimum absolute atomic E-state index is 0.0173. The van der Waals surface area contributed by atoms with Gasteiger partial charge in [-0.15, -0.1) is 10.2 Å². The highest BCUT2D eigenvalue weighted by molar-refractivity contribution is 6.00. The Kier molecular flexibility index (Phi) is 9.11. The van der Waals surface area contributed by atoms with Gasteiger partial charge >= 0.3 is 6.18 Å². The zero-order valence-electron chi connectivity index (χ0n) is 25.0. The number of alkyl halides is 3. The van der Waals surface area contributed by atoms with Gasteiger partial charge in [-0.1, -0.05) is 18.7 Å². The number of aliphatic hydroxyl groups is 1. The lowest BCUT2D eigenvalue weighted by molar-refractivity contribution is -0.138. The largest absolute Gasteiger partial charge is 0.416 e. The van der Waals surface area contributed by atoms with Crippen molar-refractivity contribution in [3.8, 4) is 6.07 Å². The van der Waals surface area contributed by atoms with E-state index in [4.69, 9.17) is 4.74 Å². The molecule has 1 saturated carbocycles. The van der Waals surface area contributed by atoms with Crippen molar-refractivity contribution in [2.45, 2.75) is 45.5 Å². The number of nitrogens with zero attached hydrogens (tertiary/aromatic N) is 6. The number of aryl methyl sites for hydroxylation is 1. The fraction of sp³-hybridized carbons (Fsp3) is 0.500. The van der Waals surface area contributed by atoms with Gasteiger partial charge < -0.3 is 19.3 Å². The van der Waals surface area contributed by atoms with E-state index in [1.165, 1.54) is 4.90 Å². The van der Waals surface area contributed by atoms with E-state index in [1.807, 2.05) is 35.6 Å². The highest BCUT2D eigenvalue weighted by atomic mass is 19.4. The Morgan fingerprint density at radius 2 is 2.11 bits per heavy atom. The molecular weight excluding hydrogens is 573 g/mol. The summed E-state index contributed by atoms with van der Waals surface area (Å²) >= 11 is 0. The number of rotatable bonds is 9. The Bertz CT molecular complexity index is 1520. The number of carbonyl (C=O) groups excluding carboxylic acids is 1. The number of halogens is 3. The molecule has 44 heavy (non-hydrogen) atoms. The molecule has 0 radical (unpaired) electrons. The number of allylic oxidation sites excluding steroid dienone is 4. The number of aliphatic hydroxyl groups excluding tert-OH is 1. The van der Waals surface area contributed by atoms with Crippen molar-refractivity contribution >= 4 is 5.91 Å². The summed E-state index contributed by atoms with van der Waals surface area (Å²) in [6.07, 6.45) is 4.15. The predicted molar refractivity (Wildman–Crippen MR) is 156 cm³/mol. The SMILES string of the molecule is C=C(/C=C(\C=C/C)C1(Cc2nncn2C)CC(C#N)C1)N1Cc2c(cc(CN3CCOCC(CO)C3)cc2C(F)(F)F)C1=O. The topological polar surface area (TPSA) is 108 Å². The van der Waals surface area contributed by atoms with Gasteiger partial charge in [-0.2, -0.15) is 18.4 Å². The van der Waals surface area contributed by atoms with Crippen molar-refractivity contribution in [3.05, 3.63) is 82.6 Å². The first-order valence-electron chi connectivity index (χ1n) is 14.7. The van der Waals surface area contributed by atoms with Crippen LogP contribution in [0.1, 0.15) is 52.6 Å². The molecule has 1 aromatic heterocycles. The van der Waals surface area contributed by atoms with Gasteiger partial charge in [0.05, 0.1) is 31.4 Å². The van der Waals surface area contributed by atoms with E-state index in [1.54, 1.807) is 18.5 Å². The number of ether oxygens (including phenoxy) is 1. The summed E-state index contributed by atoms with van der Waals surface area (Å²) in [5.41, 5.74) is 0.154. The van der Waals surface area contributed by atoms with Gasteiger partial charge in [0.1, 0.15) is 12.2 Å². The van der Waals surface area contributed by atoms with E-state index in [0.29, 0.717) is 51.1 Å². The standard InChI is InChI=1S/C32H37F3N6O3/c1-4-5-25(31(11-23(12-31)14-36)13-29-38-37-20-39(29)3)8-21(2)41-17-27-26(30(41)43)9-22(10-28(27)32(33,34)35)15-40-6-7-44-19-24(16-40)18-42/h4-5,8-10,20,23-24,42H,2,6-7,11-13,15-19H2,1,3H3/b5-4-,25-8+. The van der Waals surface area contributed by atoms with Gasteiger partial charge in [0, 0.05) is 68.2 Å². The molecule has 1 saturated heterocycles. The Balaban J connectivity index is 1.45. The van der Waals surface area contributed by atoms with E-state index in [0.717, 1.165) is 17.5 Å². The van der Waals surface area contributed by atoms with Gasteiger partial charge in [-0.05, 0) is 54.7 Å². The van der Waals surface area contributed by atoms with Crippen LogP contribution < -0.4 is 0 Å². The van der Waals surface area contributed by atoms with E-state index in [9.17, 15) is 28.3 Å². The maximum atomic E-state index is 14.4. The second-order valence-corrected chi connectivity index (χ2v) is 12.1. The average molecular weight is 611 g/mol. The summed E-state index contributed by atoms with van der Waals surface area (Å²) in [6.45, 7) is 7.64. The molecule has 1 aromatic carbocycles. The first-order chi connectivity index (χ1) is 21.0. The van der Waals surface area contributed by atoms with Gasteiger partial charge in [0.25, 0.3) is 5.91 Å². The third-order valence-corrected chi connectivity index (χ3v) is 8.88. The summed E-state index contributed by atoms with van der Waals surface area (Å²) in [5, 5.41) is 27.4. The summed E-state index contributed by atoms with van der Waals surface area (Å²) in [7, 11) is 1.85. The third-order valence-electron chi connectivity index (χ3n) is 8.88. The van der Waals surface area contributed by atoms with Crippen LogP contribution in [0.5, 0.6) is 0 Å². The third kappa shape index (κ3) is 6.36. The summed E-state index contributed by atoms with van der Waals surface area (Å²) < 4.78 is 50.4. The molecule has 1 N–H and O–H groups in total. The zero-order valence-corrected chi connectivity index (χ0v) is 25.0. The molecule has 2 aromatic rings. The number of carbonyl (C=O) groups is 1. The number of fused-ring (bicyclic) bond motifs is 1. The van der Waals surface area contributed by atoms with Gasteiger partial charge in [0.2, 0.25) is 0 Å². The molecule has 234 valence electrons. The molecule has 0 bridgehead atoms. The minimum atomic E-state index is -4.66. The monoisotopic (exact) mass is 610 g/mol. The highest BCUT2D eigenvalue weighted by Crippen LogP contribution is 2.53. The van der Waals surface area contributed by atoms with Gasteiger partial charge in [-0.25, -0.2) is 0 Å². The smallest absolute Gasteiger partial charge is 0.396 e. The molecule has 2 fully saturated rings. The molecule has 0 spiro atoms. The van der Waals surface area contributed by atoms with Crippen molar-refractivity contribution in [2.24, 2.45) is 24.3 Å². The first kappa shape index (κ1) is 31.6. The van der Waals surface area contributed by atoms with Crippen LogP contribution in [0.2, 0.25) is 0 Å². The maximum absolute atomic E-state index is 14.4. The maximum Gasteiger partial charge on any atom is 0.416 e. The molecule has 1 aliphatic carbocycles. The van der Waals surface area contributed by atoms with Crippen LogP contribution in [0.3, 0.4) is 0 Å². The molecule has 2 aliphatic heterocycles. The number of benzene rings is 1. The Hall–Kier alpha value is -3.79. The molecule has 1 atom stereocenters. The molecule has 12 heteroatoms. The van der Waals surface area contributed by atoms with Crippen LogP contribution >= 0.6 is 0 Å². The summed E-state index contributed by atoms with van der Waals surface area (Å²) in [5.74, 6) is -0.0647. The van der Waals surface area contributed by atoms with Gasteiger partial charge in [0.15, 0.2) is 0 Å². The lowest BCUT2D eigenvalue weighted by Crippen LogP contribution is -2.41. The second-order valence-electron chi connectivity index (χ2n) is 12.1. The van der Waals surface area contributed by atoms with Crippen molar-refractivity contribution in [3.63, 3.8) is 0 Å². The second kappa shape index (κ2) is 12.7. The molecule has 9 nitrogen and oxygen atoms in total. The Morgan fingerprint density at radius 3 is 2.75 bits per heavy atom. The van der Waals surface area contributed by atoms with Crippen LogP contribution in [-0.4, -0.2) is 68.5 Å². The van der Waals surface area contributed by atoms with Crippen LogP contribution in [0.15, 0.2) is 54.5 Å². The zero-order chi connectivity index (χ0) is 31.6. The average Bonchev–Trinajstić information content (AvgIpc) is 3.42. The predicted octanol–water partition coefficient (Wildman–Crippen LogP) is 4.41. The Morgan fingerprint density at radius 1 is 1.34 bits per heavy atom. The van der Waals surface area contributed by atoms with Gasteiger partial charge in [-0.3, -0.25) is 9.69 Å². The normalized spacial score (nSPS) is 24.7. The number of hydrogen-bond donors (Lipinski definition) is 1. The summed E-state index contributed by atoms with van der Waals surface area (Å²) in [4.78, 5) is 16.9. The fourth-order valence-electron chi connectivity index (χ4n) is 6.55. The minimum Gasteiger partial charge on any atom is -0.396 e. The number of aromatic nitrogens is 3. The van der Waals surface area contributed by atoms with Crippen molar-refractivity contribution in [1.82, 2.24) is 24.6 Å². The van der Waals surface area contributed by atoms with Crippen LogP contribution in [-0.2, 0) is 37.5 Å². The van der Waals surface area contributed by atoms with Crippen LogP contribution in [0, 0.1) is 28.6 Å². The number of hydrogen-bond acceptors (Lipinski definition) is 7. The van der Waals surface area contributed by atoms with E-state index in [2.05, 4.69) is 22.8 Å². The molecular formula is C32H37F3N6O3. The van der Waals surface area contributed by atoms with E-state index < -0.39 is 23.1 Å². The lowest BCUT2D eigenvalue weighted by atomic mass is 9.56. The van der Waals surface area contributed by atoms with Crippen LogP contribution in [0.25, 0.3) is 0 Å². The van der Waals surface area contributed by atoms with Crippen molar-refractivity contribution in [2.75, 3.05) is 32.9 Å². The number of nitriles is 1. The van der Waals surface area contributed by atoms with E-state index >= 15 is 0 Å². The number of amides is 1. The Labute approximate surface area is 254 Å². The van der Waals surface area contributed by atoms with Crippen molar-refractivity contribution < 1.29 is 27.8 Å². The molecule has 5 rings (SSSR count). The quantitative estimate of drug-likeness (QED) is 0.419. The molecule has 3 heterocycles. The molecule has 1 amide bonds. The summed E-state index contributed by atoms with van der Waals surface area (Å²) in [6, 6.07) is 5.01. The van der Waals surface area contributed by atoms with E-state index in [-0.39, 0.29) is 48.4 Å². The molecule has 1 unspecified atom stereocenters. The van der Waals surface area contributed by atoms with Crippen molar-refractivity contribution in [1.29, 1.82) is 5.26 Å². The first-order valence-corrected chi connectivity index (χ1v) is 14.7. The van der Waals surface area contributed by atoms with Crippen LogP contribution in [0.4, 0.5) is 13.2 Å².